The van der Waals surface area contributed by atoms with Gasteiger partial charge in [0.2, 0.25) is 0 Å². The Morgan fingerprint density at radius 2 is 1.73 bits per heavy atom. The number of carbonyl (C=O) groups excluding carboxylic acids is 2. The first-order chi connectivity index (χ1) is 14.1. The summed E-state index contributed by atoms with van der Waals surface area (Å²) in [7, 11) is 0. The van der Waals surface area contributed by atoms with Gasteiger partial charge in [-0.25, -0.2) is 4.79 Å². The number of Topliss-reactive ketones (excluding diaryl/α,β-unsaturated/α-hetero) is 1. The van der Waals surface area contributed by atoms with Crippen molar-refractivity contribution in [3.8, 4) is 0 Å². The Morgan fingerprint density at radius 3 is 2.47 bits per heavy atom. The van der Waals surface area contributed by atoms with Crippen molar-refractivity contribution < 1.29 is 14.3 Å². The molecule has 1 aromatic rings. The topological polar surface area (TPSA) is 43.4 Å². The van der Waals surface area contributed by atoms with E-state index in [1.807, 2.05) is 30.3 Å². The van der Waals surface area contributed by atoms with Crippen LogP contribution in [0.3, 0.4) is 0 Å². The quantitative estimate of drug-likeness (QED) is 0.546. The van der Waals surface area contributed by atoms with E-state index < -0.39 is 0 Å². The first kappa shape index (κ1) is 20.3. The fraction of sp³-hybridized carbons (Fsp3) is 0.704. The van der Waals surface area contributed by atoms with Crippen LogP contribution < -0.4 is 0 Å². The predicted molar refractivity (Wildman–Crippen MR) is 117 cm³/mol. The van der Waals surface area contributed by atoms with Crippen LogP contribution in [0.1, 0.15) is 89.4 Å². The molecule has 1 spiro atoms. The minimum absolute atomic E-state index is 0.123. The smallest absolute Gasteiger partial charge is 0.338 e. The summed E-state index contributed by atoms with van der Waals surface area (Å²) in [6.07, 6.45) is 8.21. The number of ether oxygens (including phenoxy) is 1. The predicted octanol–water partition coefficient (Wildman–Crippen LogP) is 6.21. The van der Waals surface area contributed by atoms with Crippen molar-refractivity contribution >= 4 is 11.8 Å². The van der Waals surface area contributed by atoms with Crippen LogP contribution in [0.4, 0.5) is 0 Å². The second-order valence-corrected chi connectivity index (χ2v) is 12.0. The number of benzene rings is 1. The van der Waals surface area contributed by atoms with E-state index in [1.165, 1.54) is 19.3 Å². The summed E-state index contributed by atoms with van der Waals surface area (Å²) in [6, 6.07) is 9.34. The van der Waals surface area contributed by atoms with Crippen LogP contribution >= 0.6 is 0 Å². The van der Waals surface area contributed by atoms with Crippen molar-refractivity contribution in [2.75, 3.05) is 0 Å². The molecule has 0 amide bonds. The van der Waals surface area contributed by atoms with Gasteiger partial charge in [0, 0.05) is 17.8 Å². The molecular formula is C27H36O3. The van der Waals surface area contributed by atoms with Crippen molar-refractivity contribution in [3.63, 3.8) is 0 Å². The summed E-state index contributed by atoms with van der Waals surface area (Å²) in [4.78, 5) is 26.2. The van der Waals surface area contributed by atoms with Crippen LogP contribution in [0.2, 0.25) is 0 Å². The molecule has 4 fully saturated rings. The van der Waals surface area contributed by atoms with Gasteiger partial charge in [0.05, 0.1) is 5.56 Å². The Balaban J connectivity index is 1.56. The molecule has 4 aliphatic carbocycles. The molecular weight excluding hydrogens is 372 g/mol. The van der Waals surface area contributed by atoms with Crippen LogP contribution in [-0.4, -0.2) is 17.9 Å². The monoisotopic (exact) mass is 408 g/mol. The number of hydrogen-bond donors (Lipinski definition) is 0. The zero-order valence-electron chi connectivity index (χ0n) is 19.0. The van der Waals surface area contributed by atoms with Gasteiger partial charge >= 0.3 is 5.97 Å². The number of rotatable bonds is 2. The highest BCUT2D eigenvalue weighted by Crippen LogP contribution is 2.75. The number of esters is 1. The summed E-state index contributed by atoms with van der Waals surface area (Å²) in [5.74, 6) is 0.868. The molecule has 0 unspecified atom stereocenters. The lowest BCUT2D eigenvalue weighted by atomic mass is 9.38. The molecule has 6 atom stereocenters. The van der Waals surface area contributed by atoms with Crippen molar-refractivity contribution in [2.45, 2.75) is 85.2 Å². The first-order valence-corrected chi connectivity index (χ1v) is 11.9. The maximum Gasteiger partial charge on any atom is 0.338 e. The minimum Gasteiger partial charge on any atom is -0.458 e. The molecule has 30 heavy (non-hydrogen) atoms. The van der Waals surface area contributed by atoms with Crippen LogP contribution in [0, 0.1) is 33.5 Å². The Labute approximate surface area is 181 Å². The Bertz CT molecular complexity index is 873. The number of ketones is 1. The molecule has 0 aliphatic heterocycles. The van der Waals surface area contributed by atoms with Gasteiger partial charge < -0.3 is 4.74 Å². The fourth-order valence-electron chi connectivity index (χ4n) is 8.57. The molecule has 0 heterocycles. The van der Waals surface area contributed by atoms with E-state index in [0.717, 1.165) is 25.7 Å². The van der Waals surface area contributed by atoms with E-state index in [4.69, 9.17) is 4.74 Å². The largest absolute Gasteiger partial charge is 0.458 e. The highest BCUT2D eigenvalue weighted by atomic mass is 16.5. The summed E-state index contributed by atoms with van der Waals surface area (Å²) in [5, 5.41) is 0. The highest BCUT2D eigenvalue weighted by molar-refractivity contribution is 5.90. The Morgan fingerprint density at radius 1 is 1.00 bits per heavy atom. The van der Waals surface area contributed by atoms with Gasteiger partial charge in [0.25, 0.3) is 0 Å². The van der Waals surface area contributed by atoms with Gasteiger partial charge in [-0.15, -0.1) is 0 Å². The summed E-state index contributed by atoms with van der Waals surface area (Å²) in [5.41, 5.74) is 1.04. The molecule has 5 rings (SSSR count). The van der Waals surface area contributed by atoms with Crippen LogP contribution in [-0.2, 0) is 9.53 Å². The Kier molecular flexibility index (Phi) is 4.35. The molecule has 0 radical (unpaired) electrons. The molecule has 1 aromatic carbocycles. The van der Waals surface area contributed by atoms with E-state index in [1.54, 1.807) is 0 Å². The average molecular weight is 409 g/mol. The van der Waals surface area contributed by atoms with Crippen LogP contribution in [0.5, 0.6) is 0 Å². The normalized spacial score (nSPS) is 44.1. The van der Waals surface area contributed by atoms with Gasteiger partial charge in [-0.3, -0.25) is 4.79 Å². The van der Waals surface area contributed by atoms with E-state index in [2.05, 4.69) is 27.7 Å². The third-order valence-electron chi connectivity index (χ3n) is 10.2. The van der Waals surface area contributed by atoms with Gasteiger partial charge in [-0.1, -0.05) is 52.3 Å². The molecule has 2 bridgehead atoms. The summed E-state index contributed by atoms with van der Waals surface area (Å²) < 4.78 is 6.27. The van der Waals surface area contributed by atoms with Gasteiger partial charge in [0.1, 0.15) is 11.9 Å². The van der Waals surface area contributed by atoms with E-state index >= 15 is 0 Å². The van der Waals surface area contributed by atoms with E-state index in [0.29, 0.717) is 23.7 Å². The second kappa shape index (κ2) is 6.43. The highest BCUT2D eigenvalue weighted by Gasteiger charge is 2.71. The number of carbonyl (C=O) groups is 2. The van der Waals surface area contributed by atoms with Gasteiger partial charge in [-0.05, 0) is 72.8 Å². The molecule has 4 saturated carbocycles. The zero-order valence-corrected chi connectivity index (χ0v) is 19.0. The summed E-state index contributed by atoms with van der Waals surface area (Å²) in [6.45, 7) is 9.57. The molecule has 0 N–H and O–H groups in total. The second-order valence-electron chi connectivity index (χ2n) is 12.0. The molecule has 0 saturated heterocycles. The standard InChI is InChI=1S/C27H36O3/c1-24(2)11-8-12-26(4)21(24)16-20(30-23(29)18-9-6-5-7-10-18)19-15-22(28)25(3)13-14-27(19,26)17-25/h5-7,9-10,19-21H,8,11-17H2,1-4H3/t19-,20+,21+,25-,26+,27+/m1/s1. The maximum atomic E-state index is 13.2. The van der Waals surface area contributed by atoms with Gasteiger partial charge in [0.15, 0.2) is 0 Å². The van der Waals surface area contributed by atoms with Crippen molar-refractivity contribution in [1.82, 2.24) is 0 Å². The molecule has 0 aromatic heterocycles. The molecule has 162 valence electrons. The SMILES string of the molecule is CC1(C)CCC[C@@]2(C)[C@H]1C[C@H](OC(=O)c1ccccc1)[C@H]1CC(=O)[C@]3(C)CC[C@]12C3. The molecule has 4 aliphatic rings. The Hall–Kier alpha value is -1.64. The zero-order chi connectivity index (χ0) is 21.4. The third kappa shape index (κ3) is 2.63. The minimum atomic E-state index is -0.230. The van der Waals surface area contributed by atoms with Crippen LogP contribution in [0.25, 0.3) is 0 Å². The molecule has 3 nitrogen and oxygen atoms in total. The fourth-order valence-corrected chi connectivity index (χ4v) is 8.57. The van der Waals surface area contributed by atoms with E-state index in [-0.39, 0.29) is 39.7 Å². The summed E-state index contributed by atoms with van der Waals surface area (Å²) >= 11 is 0. The lowest BCUT2D eigenvalue weighted by Crippen LogP contribution is -2.64. The van der Waals surface area contributed by atoms with E-state index in [9.17, 15) is 9.59 Å². The number of hydrogen-bond acceptors (Lipinski definition) is 3. The lowest BCUT2D eigenvalue weighted by molar-refractivity contribution is -0.209. The molecule has 3 heteroatoms. The first-order valence-electron chi connectivity index (χ1n) is 11.9. The van der Waals surface area contributed by atoms with Crippen molar-refractivity contribution in [3.05, 3.63) is 35.9 Å². The number of fused-ring (bicyclic) bond motifs is 2. The lowest BCUT2D eigenvalue weighted by Gasteiger charge is -2.67. The third-order valence-corrected chi connectivity index (χ3v) is 10.2. The van der Waals surface area contributed by atoms with Crippen LogP contribution in [0.15, 0.2) is 30.3 Å². The van der Waals surface area contributed by atoms with Gasteiger partial charge in [-0.2, -0.15) is 0 Å². The maximum absolute atomic E-state index is 13.2. The van der Waals surface area contributed by atoms with Crippen molar-refractivity contribution in [2.24, 2.45) is 33.5 Å². The van der Waals surface area contributed by atoms with Crippen molar-refractivity contribution in [1.29, 1.82) is 0 Å². The average Bonchev–Trinajstić information content (AvgIpc) is 3.02.